The van der Waals surface area contributed by atoms with Gasteiger partial charge in [0.15, 0.2) is 17.4 Å². The SMILES string of the molecule is CCNC(=NCCc1nnc2ccccn12)NC1CCc2nc(CC)nn2C1.I. The molecule has 1 atom stereocenters. The van der Waals surface area contributed by atoms with Crippen LogP contribution in [0, 0.1) is 0 Å². The Morgan fingerprint density at radius 2 is 2.17 bits per heavy atom. The van der Waals surface area contributed by atoms with E-state index in [0.717, 1.165) is 67.9 Å². The summed E-state index contributed by atoms with van der Waals surface area (Å²) in [6.07, 6.45) is 5.57. The number of rotatable bonds is 6. The monoisotopic (exact) mass is 509 g/mol. The zero-order chi connectivity index (χ0) is 19.3. The third kappa shape index (κ3) is 5.03. The summed E-state index contributed by atoms with van der Waals surface area (Å²) < 4.78 is 4.04. The molecule has 0 aliphatic carbocycles. The average Bonchev–Trinajstić information content (AvgIpc) is 3.31. The summed E-state index contributed by atoms with van der Waals surface area (Å²) in [5.74, 6) is 3.78. The maximum Gasteiger partial charge on any atom is 0.191 e. The van der Waals surface area contributed by atoms with Crippen LogP contribution in [0.4, 0.5) is 0 Å². The minimum absolute atomic E-state index is 0. The molecule has 4 rings (SSSR count). The molecule has 0 aromatic carbocycles. The van der Waals surface area contributed by atoms with Gasteiger partial charge in [-0.3, -0.25) is 9.39 Å². The van der Waals surface area contributed by atoms with Gasteiger partial charge in [-0.2, -0.15) is 5.10 Å². The number of nitrogens with zero attached hydrogens (tertiary/aromatic N) is 7. The van der Waals surface area contributed by atoms with Gasteiger partial charge in [-0.05, 0) is 25.5 Å². The van der Waals surface area contributed by atoms with Crippen LogP contribution in [-0.4, -0.2) is 54.5 Å². The van der Waals surface area contributed by atoms with Gasteiger partial charge in [0.25, 0.3) is 0 Å². The first-order valence-corrected chi connectivity index (χ1v) is 10.0. The lowest BCUT2D eigenvalue weighted by Crippen LogP contribution is -2.47. The molecule has 9 nitrogen and oxygen atoms in total. The van der Waals surface area contributed by atoms with Crippen molar-refractivity contribution in [3.8, 4) is 0 Å². The fourth-order valence-corrected chi connectivity index (χ4v) is 3.47. The number of hydrogen-bond acceptors (Lipinski definition) is 5. The zero-order valence-electron chi connectivity index (χ0n) is 16.9. The highest BCUT2D eigenvalue weighted by atomic mass is 127. The molecular formula is C19H28IN9. The second kappa shape index (κ2) is 9.99. The van der Waals surface area contributed by atoms with E-state index in [1.807, 2.05) is 33.5 Å². The van der Waals surface area contributed by atoms with Crippen molar-refractivity contribution in [1.82, 2.24) is 40.0 Å². The molecule has 3 aromatic rings. The lowest BCUT2D eigenvalue weighted by atomic mass is 10.1. The lowest BCUT2D eigenvalue weighted by Gasteiger charge is -2.25. The fourth-order valence-electron chi connectivity index (χ4n) is 3.47. The van der Waals surface area contributed by atoms with Gasteiger partial charge >= 0.3 is 0 Å². The molecule has 29 heavy (non-hydrogen) atoms. The van der Waals surface area contributed by atoms with Gasteiger partial charge in [0.2, 0.25) is 0 Å². The highest BCUT2D eigenvalue weighted by molar-refractivity contribution is 14.0. The van der Waals surface area contributed by atoms with E-state index in [1.54, 1.807) is 0 Å². The molecule has 2 N–H and O–H groups in total. The first-order valence-electron chi connectivity index (χ1n) is 10.0. The number of nitrogens with one attached hydrogen (secondary N) is 2. The predicted octanol–water partition coefficient (Wildman–Crippen LogP) is 1.61. The van der Waals surface area contributed by atoms with Crippen molar-refractivity contribution in [2.45, 2.75) is 52.1 Å². The summed E-state index contributed by atoms with van der Waals surface area (Å²) in [5.41, 5.74) is 0.865. The van der Waals surface area contributed by atoms with E-state index < -0.39 is 0 Å². The molecule has 3 aromatic heterocycles. The number of aromatic nitrogens is 6. The third-order valence-corrected chi connectivity index (χ3v) is 4.89. The number of aliphatic imine (C=N–C) groups is 1. The number of pyridine rings is 1. The Morgan fingerprint density at radius 3 is 3.00 bits per heavy atom. The number of guanidine groups is 1. The summed E-state index contributed by atoms with van der Waals surface area (Å²) in [4.78, 5) is 9.32. The molecule has 1 aliphatic rings. The molecule has 1 unspecified atom stereocenters. The third-order valence-electron chi connectivity index (χ3n) is 4.89. The first kappa shape index (κ1) is 21.5. The second-order valence-corrected chi connectivity index (χ2v) is 6.92. The molecule has 0 saturated heterocycles. The van der Waals surface area contributed by atoms with Gasteiger partial charge in [0.05, 0.1) is 6.54 Å². The fraction of sp³-hybridized carbons (Fsp3) is 0.526. The summed E-state index contributed by atoms with van der Waals surface area (Å²) in [5, 5.41) is 19.9. The van der Waals surface area contributed by atoms with Crippen LogP contribution < -0.4 is 10.6 Å². The zero-order valence-corrected chi connectivity index (χ0v) is 19.2. The van der Waals surface area contributed by atoms with Crippen molar-refractivity contribution in [2.24, 2.45) is 4.99 Å². The number of hydrogen-bond donors (Lipinski definition) is 2. The average molecular weight is 509 g/mol. The Kier molecular flexibility index (Phi) is 7.40. The Balaban J connectivity index is 0.00000240. The Bertz CT molecular complexity index is 962. The molecular weight excluding hydrogens is 481 g/mol. The van der Waals surface area contributed by atoms with Crippen LogP contribution in [0.5, 0.6) is 0 Å². The van der Waals surface area contributed by atoms with E-state index in [-0.39, 0.29) is 24.0 Å². The Hall–Kier alpha value is -2.24. The first-order chi connectivity index (χ1) is 13.8. The standard InChI is InChI=1S/C19H27N9.HI/c1-3-15-23-16-9-8-14(13-28(16)26-15)22-19(20-4-2)21-11-10-18-25-24-17-7-5-6-12-27(17)18;/h5-7,12,14H,3-4,8-11,13H2,1-2H3,(H2,20,21,22);1H. The van der Waals surface area contributed by atoms with Crippen LogP contribution in [0.2, 0.25) is 0 Å². The number of aryl methyl sites for hydroxylation is 2. The summed E-state index contributed by atoms with van der Waals surface area (Å²) in [7, 11) is 0. The van der Waals surface area contributed by atoms with Crippen LogP contribution >= 0.6 is 24.0 Å². The molecule has 0 fully saturated rings. The maximum absolute atomic E-state index is 4.73. The molecule has 0 amide bonds. The van der Waals surface area contributed by atoms with Crippen molar-refractivity contribution in [1.29, 1.82) is 0 Å². The van der Waals surface area contributed by atoms with E-state index in [9.17, 15) is 0 Å². The minimum Gasteiger partial charge on any atom is -0.357 e. The molecule has 4 heterocycles. The molecule has 10 heteroatoms. The van der Waals surface area contributed by atoms with Gasteiger partial charge in [-0.15, -0.1) is 34.2 Å². The topological polar surface area (TPSA) is 97.3 Å². The van der Waals surface area contributed by atoms with Crippen molar-refractivity contribution in [3.63, 3.8) is 0 Å². The van der Waals surface area contributed by atoms with E-state index in [0.29, 0.717) is 12.6 Å². The maximum atomic E-state index is 4.73. The largest absolute Gasteiger partial charge is 0.357 e. The van der Waals surface area contributed by atoms with Crippen LogP contribution in [0.3, 0.4) is 0 Å². The lowest BCUT2D eigenvalue weighted by molar-refractivity contribution is 0.392. The summed E-state index contributed by atoms with van der Waals surface area (Å²) >= 11 is 0. The molecule has 0 saturated carbocycles. The smallest absolute Gasteiger partial charge is 0.191 e. The molecule has 156 valence electrons. The van der Waals surface area contributed by atoms with E-state index in [2.05, 4.69) is 44.8 Å². The summed E-state index contributed by atoms with van der Waals surface area (Å²) in [6, 6.07) is 6.20. The van der Waals surface area contributed by atoms with Crippen molar-refractivity contribution in [2.75, 3.05) is 13.1 Å². The predicted molar refractivity (Wildman–Crippen MR) is 123 cm³/mol. The van der Waals surface area contributed by atoms with E-state index in [4.69, 9.17) is 4.99 Å². The van der Waals surface area contributed by atoms with Crippen molar-refractivity contribution in [3.05, 3.63) is 41.9 Å². The van der Waals surface area contributed by atoms with Gasteiger partial charge < -0.3 is 10.6 Å². The Morgan fingerprint density at radius 1 is 1.28 bits per heavy atom. The second-order valence-electron chi connectivity index (χ2n) is 6.92. The van der Waals surface area contributed by atoms with Crippen molar-refractivity contribution < 1.29 is 0 Å². The van der Waals surface area contributed by atoms with Gasteiger partial charge in [-0.25, -0.2) is 9.67 Å². The number of halogens is 1. The van der Waals surface area contributed by atoms with Crippen molar-refractivity contribution >= 4 is 35.6 Å². The van der Waals surface area contributed by atoms with Gasteiger partial charge in [0, 0.05) is 44.6 Å². The Labute approximate surface area is 187 Å². The van der Waals surface area contributed by atoms with Crippen LogP contribution in [0.15, 0.2) is 29.4 Å². The highest BCUT2D eigenvalue weighted by Gasteiger charge is 2.22. The molecule has 0 bridgehead atoms. The van der Waals surface area contributed by atoms with Crippen LogP contribution in [0.25, 0.3) is 5.65 Å². The minimum atomic E-state index is 0. The molecule has 0 spiro atoms. The van der Waals surface area contributed by atoms with Crippen LogP contribution in [0.1, 0.15) is 37.7 Å². The molecule has 1 aliphatic heterocycles. The van der Waals surface area contributed by atoms with E-state index in [1.165, 1.54) is 0 Å². The normalized spacial score (nSPS) is 16.3. The molecule has 0 radical (unpaired) electrons. The quantitative estimate of drug-likeness (QED) is 0.298. The van der Waals surface area contributed by atoms with E-state index >= 15 is 0 Å². The van der Waals surface area contributed by atoms with Gasteiger partial charge in [0.1, 0.15) is 11.6 Å². The van der Waals surface area contributed by atoms with Gasteiger partial charge in [-0.1, -0.05) is 13.0 Å². The number of fused-ring (bicyclic) bond motifs is 2. The summed E-state index contributed by atoms with van der Waals surface area (Å²) in [6.45, 7) is 6.45. The van der Waals surface area contributed by atoms with Crippen LogP contribution in [-0.2, 0) is 25.8 Å². The highest BCUT2D eigenvalue weighted by Crippen LogP contribution is 2.13.